The first-order valence-electron chi connectivity index (χ1n) is 15.2. The lowest BCUT2D eigenvalue weighted by atomic mass is 10.1. The highest BCUT2D eigenvalue weighted by atomic mass is 33.1. The van der Waals surface area contributed by atoms with Crippen LogP contribution >= 0.6 is 21.6 Å². The van der Waals surface area contributed by atoms with Crippen molar-refractivity contribution in [2.45, 2.75) is 27.7 Å². The molecular weight excluding hydrogens is 565 g/mol. The maximum absolute atomic E-state index is 2.47. The quantitative estimate of drug-likeness (QED) is 0.0759. The Morgan fingerprint density at radius 1 is 0.698 bits per heavy atom. The predicted octanol–water partition coefficient (Wildman–Crippen LogP) is 8.70. The fraction of sp³-hybridized carbons (Fsp3) is 0.324. The van der Waals surface area contributed by atoms with E-state index in [-0.39, 0.29) is 0 Å². The van der Waals surface area contributed by atoms with Gasteiger partial charge in [0.15, 0.2) is 12.4 Å². The minimum absolute atomic E-state index is 1.01. The Kier molecular flexibility index (Phi) is 12.5. The molecular formula is C37H47N4S2+. The number of rotatable bonds is 15. The van der Waals surface area contributed by atoms with Gasteiger partial charge in [-0.3, -0.25) is 0 Å². The number of benzene rings is 2. The topological polar surface area (TPSA) is 15.3 Å². The number of nitrogens with zero attached hydrogens (tertiary/aromatic N) is 4. The van der Waals surface area contributed by atoms with Crippen LogP contribution in [0.1, 0.15) is 49.9 Å². The van der Waals surface area contributed by atoms with Gasteiger partial charge in [-0.15, -0.1) is 0 Å². The molecule has 2 aromatic carbocycles. The minimum atomic E-state index is 1.01. The molecule has 0 radical (unpaired) electrons. The summed E-state index contributed by atoms with van der Waals surface area (Å²) in [6.07, 6.45) is 13.0. The lowest BCUT2D eigenvalue weighted by Crippen LogP contribution is -2.26. The maximum Gasteiger partial charge on any atom is 0.169 e. The standard InChI is InChI=1S/C37H47N4S2/c1-7-40(36-13-9-32(10-14-36)27-30(3)34-17-20-38(5)21-18-34)23-25-42-43-26-24-41(8-2)37-15-11-33(12-16-37)28-31(4)35-19-22-39(6)29-35/h9-22,27-29H,7-8,23-26H2,1-6H3/q+1/b31-28+. The van der Waals surface area contributed by atoms with Gasteiger partial charge >= 0.3 is 0 Å². The summed E-state index contributed by atoms with van der Waals surface area (Å²) in [5.41, 5.74) is 10.2. The summed E-state index contributed by atoms with van der Waals surface area (Å²) in [4.78, 5) is 4.94. The first kappa shape index (κ1) is 32.6. The number of aryl methyl sites for hydroxylation is 2. The Bertz CT molecular complexity index is 1470. The van der Waals surface area contributed by atoms with Gasteiger partial charge in [0, 0.05) is 80.6 Å². The van der Waals surface area contributed by atoms with Crippen molar-refractivity contribution < 1.29 is 4.57 Å². The van der Waals surface area contributed by atoms with Gasteiger partial charge < -0.3 is 14.4 Å². The van der Waals surface area contributed by atoms with Gasteiger partial charge in [-0.25, -0.2) is 4.57 Å². The van der Waals surface area contributed by atoms with Crippen LogP contribution in [0.15, 0.2) is 91.5 Å². The van der Waals surface area contributed by atoms with Crippen molar-refractivity contribution in [1.82, 2.24) is 4.57 Å². The van der Waals surface area contributed by atoms with Gasteiger partial charge in [-0.1, -0.05) is 58.0 Å². The smallest absolute Gasteiger partial charge is 0.169 e. The molecule has 0 spiro atoms. The molecule has 0 atom stereocenters. The minimum Gasteiger partial charge on any atom is -0.371 e. The number of hydrogen-bond donors (Lipinski definition) is 0. The third-order valence-corrected chi connectivity index (χ3v) is 10.1. The first-order chi connectivity index (χ1) is 20.9. The molecule has 0 unspecified atom stereocenters. The van der Waals surface area contributed by atoms with E-state index in [1.165, 1.54) is 44.8 Å². The molecule has 4 rings (SSSR count). The molecule has 0 bridgehead atoms. The molecule has 0 aliphatic carbocycles. The molecule has 0 saturated carbocycles. The fourth-order valence-electron chi connectivity index (χ4n) is 5.08. The van der Waals surface area contributed by atoms with E-state index in [9.17, 15) is 0 Å². The number of aromatic nitrogens is 2. The summed E-state index contributed by atoms with van der Waals surface area (Å²) in [5, 5.41) is 0. The van der Waals surface area contributed by atoms with E-state index >= 15 is 0 Å². The lowest BCUT2D eigenvalue weighted by molar-refractivity contribution is -0.671. The Morgan fingerprint density at radius 2 is 1.16 bits per heavy atom. The van der Waals surface area contributed by atoms with E-state index in [4.69, 9.17) is 0 Å². The van der Waals surface area contributed by atoms with Crippen molar-refractivity contribution in [3.63, 3.8) is 0 Å². The van der Waals surface area contributed by atoms with E-state index in [2.05, 4.69) is 157 Å². The van der Waals surface area contributed by atoms with Crippen molar-refractivity contribution in [2.75, 3.05) is 47.5 Å². The second-order valence-electron chi connectivity index (χ2n) is 11.0. The van der Waals surface area contributed by atoms with Crippen molar-refractivity contribution >= 4 is 56.3 Å². The molecule has 0 amide bonds. The summed E-state index contributed by atoms with van der Waals surface area (Å²) in [5.74, 6) is 2.22. The van der Waals surface area contributed by atoms with Crippen LogP contribution in [0.3, 0.4) is 0 Å². The van der Waals surface area contributed by atoms with Crippen molar-refractivity contribution in [3.8, 4) is 0 Å². The van der Waals surface area contributed by atoms with Crippen LogP contribution in [-0.2, 0) is 14.1 Å². The van der Waals surface area contributed by atoms with Crippen molar-refractivity contribution in [3.05, 3.63) is 114 Å². The first-order valence-corrected chi connectivity index (χ1v) is 17.7. The van der Waals surface area contributed by atoms with E-state index in [1.54, 1.807) is 0 Å². The zero-order valence-electron chi connectivity index (χ0n) is 26.7. The summed E-state index contributed by atoms with van der Waals surface area (Å²) in [7, 11) is 8.08. The third-order valence-electron chi connectivity index (χ3n) is 7.74. The van der Waals surface area contributed by atoms with Gasteiger partial charge in [0.2, 0.25) is 0 Å². The molecule has 6 heteroatoms. The average Bonchev–Trinajstić information content (AvgIpc) is 3.46. The largest absolute Gasteiger partial charge is 0.371 e. The average molecular weight is 612 g/mol. The molecule has 0 aliphatic heterocycles. The third kappa shape index (κ3) is 9.84. The zero-order chi connectivity index (χ0) is 30.6. The molecule has 2 aromatic heterocycles. The highest BCUT2D eigenvalue weighted by molar-refractivity contribution is 8.76. The Morgan fingerprint density at radius 3 is 1.58 bits per heavy atom. The summed E-state index contributed by atoms with van der Waals surface area (Å²) in [6, 6.07) is 24.5. The van der Waals surface area contributed by atoms with Crippen LogP contribution in [-0.4, -0.2) is 42.3 Å². The molecule has 2 heterocycles. The number of anilines is 2. The number of allylic oxidation sites excluding steroid dienone is 2. The molecule has 4 nitrogen and oxygen atoms in total. The van der Waals surface area contributed by atoms with Crippen LogP contribution in [0, 0.1) is 0 Å². The zero-order valence-corrected chi connectivity index (χ0v) is 28.3. The number of hydrogen-bond acceptors (Lipinski definition) is 4. The van der Waals surface area contributed by atoms with E-state index in [0.29, 0.717) is 0 Å². The van der Waals surface area contributed by atoms with Crippen LogP contribution in [0.5, 0.6) is 0 Å². The second kappa shape index (κ2) is 16.5. The Hall–Kier alpha value is -3.35. The highest BCUT2D eigenvalue weighted by Gasteiger charge is 2.07. The molecule has 0 saturated heterocycles. The van der Waals surface area contributed by atoms with Gasteiger partial charge in [0.25, 0.3) is 0 Å². The molecule has 0 N–H and O–H groups in total. The second-order valence-corrected chi connectivity index (χ2v) is 13.7. The molecule has 0 aliphatic rings. The normalized spacial score (nSPS) is 12.0. The van der Waals surface area contributed by atoms with Crippen molar-refractivity contribution in [1.29, 1.82) is 0 Å². The molecule has 0 fully saturated rings. The van der Waals surface area contributed by atoms with Crippen LogP contribution < -0.4 is 14.4 Å². The van der Waals surface area contributed by atoms with Gasteiger partial charge in [-0.2, -0.15) is 0 Å². The van der Waals surface area contributed by atoms with E-state index in [1.807, 2.05) is 28.6 Å². The molecule has 43 heavy (non-hydrogen) atoms. The highest BCUT2D eigenvalue weighted by Crippen LogP contribution is 2.26. The SMILES string of the molecule is CCN(CCSSCCN(CC)c1ccc(/C=C(\C)c2ccn(C)c2)cc1)c1ccc(/C=C(\C)c2cc[n+](C)cc2)cc1. The van der Waals surface area contributed by atoms with Gasteiger partial charge in [0.05, 0.1) is 0 Å². The Labute approximate surface area is 267 Å². The van der Waals surface area contributed by atoms with Gasteiger partial charge in [0.1, 0.15) is 7.05 Å². The van der Waals surface area contributed by atoms with Crippen LogP contribution in [0.4, 0.5) is 11.4 Å². The predicted molar refractivity (Wildman–Crippen MR) is 194 cm³/mol. The fourth-order valence-corrected chi connectivity index (χ4v) is 7.06. The Balaban J connectivity index is 1.20. The summed E-state index contributed by atoms with van der Waals surface area (Å²) in [6.45, 7) is 13.0. The monoisotopic (exact) mass is 611 g/mol. The molecule has 226 valence electrons. The lowest BCUT2D eigenvalue weighted by Gasteiger charge is -2.24. The van der Waals surface area contributed by atoms with E-state index < -0.39 is 0 Å². The van der Waals surface area contributed by atoms with E-state index in [0.717, 1.165) is 37.7 Å². The maximum atomic E-state index is 2.47. The van der Waals surface area contributed by atoms with Crippen LogP contribution in [0.25, 0.3) is 23.3 Å². The number of pyridine rings is 1. The van der Waals surface area contributed by atoms with Crippen molar-refractivity contribution in [2.24, 2.45) is 14.1 Å². The van der Waals surface area contributed by atoms with Gasteiger partial charge in [-0.05, 0) is 91.4 Å². The summed E-state index contributed by atoms with van der Waals surface area (Å²) < 4.78 is 4.16. The summed E-state index contributed by atoms with van der Waals surface area (Å²) >= 11 is 0. The molecule has 4 aromatic rings. The van der Waals surface area contributed by atoms with Crippen LogP contribution in [0.2, 0.25) is 0 Å².